The molecule has 2 N–H and O–H groups in total. The highest BCUT2D eigenvalue weighted by Gasteiger charge is 2.14. The van der Waals surface area contributed by atoms with Crippen LogP contribution in [0.5, 0.6) is 11.5 Å². The van der Waals surface area contributed by atoms with Gasteiger partial charge in [0.2, 0.25) is 0 Å². The molecule has 2 rings (SSSR count). The van der Waals surface area contributed by atoms with Crippen LogP contribution in [0.3, 0.4) is 0 Å². The highest BCUT2D eigenvalue weighted by molar-refractivity contribution is 9.13. The SMILES string of the molecule is COc1cc(Br)c(Br)c(C=NNC(=O)c2ccc(F)cc2)c1O. The first-order chi connectivity index (χ1) is 10.9. The Morgan fingerprint density at radius 1 is 1.35 bits per heavy atom. The third-order valence-corrected chi connectivity index (χ3v) is 4.89. The van der Waals surface area contributed by atoms with Gasteiger partial charge in [0.25, 0.3) is 5.91 Å². The van der Waals surface area contributed by atoms with Crippen molar-refractivity contribution in [1.82, 2.24) is 5.43 Å². The van der Waals surface area contributed by atoms with Crippen LogP contribution in [-0.4, -0.2) is 24.3 Å². The van der Waals surface area contributed by atoms with Crippen molar-refractivity contribution in [2.24, 2.45) is 5.10 Å². The van der Waals surface area contributed by atoms with E-state index >= 15 is 0 Å². The largest absolute Gasteiger partial charge is 0.504 e. The van der Waals surface area contributed by atoms with Gasteiger partial charge >= 0.3 is 0 Å². The number of nitrogens with zero attached hydrogens (tertiary/aromatic N) is 1. The molecule has 23 heavy (non-hydrogen) atoms. The number of carbonyl (C=O) groups is 1. The van der Waals surface area contributed by atoms with E-state index in [0.29, 0.717) is 14.5 Å². The zero-order valence-electron chi connectivity index (χ0n) is 11.8. The summed E-state index contributed by atoms with van der Waals surface area (Å²) in [6.07, 6.45) is 1.27. The lowest BCUT2D eigenvalue weighted by Crippen LogP contribution is -2.17. The summed E-state index contributed by atoms with van der Waals surface area (Å²) in [5, 5.41) is 13.9. The van der Waals surface area contributed by atoms with Crippen molar-refractivity contribution in [3.8, 4) is 11.5 Å². The van der Waals surface area contributed by atoms with E-state index in [1.807, 2.05) is 0 Å². The van der Waals surface area contributed by atoms with Gasteiger partial charge in [-0.1, -0.05) is 0 Å². The summed E-state index contributed by atoms with van der Waals surface area (Å²) in [6.45, 7) is 0. The van der Waals surface area contributed by atoms with Gasteiger partial charge in [-0.05, 0) is 62.2 Å². The van der Waals surface area contributed by atoms with Crippen LogP contribution in [0.1, 0.15) is 15.9 Å². The fraction of sp³-hybridized carbons (Fsp3) is 0.0667. The topological polar surface area (TPSA) is 70.9 Å². The van der Waals surface area contributed by atoms with E-state index in [-0.39, 0.29) is 17.1 Å². The third kappa shape index (κ3) is 4.08. The lowest BCUT2D eigenvalue weighted by Gasteiger charge is -2.09. The minimum absolute atomic E-state index is 0.123. The number of phenolic OH excluding ortho intramolecular Hbond substituents is 1. The molecule has 0 heterocycles. The minimum atomic E-state index is -0.501. The molecule has 0 aliphatic rings. The van der Waals surface area contributed by atoms with Gasteiger partial charge < -0.3 is 9.84 Å². The first kappa shape index (κ1) is 17.4. The number of ether oxygens (including phenoxy) is 1. The maximum absolute atomic E-state index is 12.8. The normalized spacial score (nSPS) is 10.8. The van der Waals surface area contributed by atoms with Crippen molar-refractivity contribution in [1.29, 1.82) is 0 Å². The Balaban J connectivity index is 2.19. The van der Waals surface area contributed by atoms with Gasteiger partial charge in [-0.25, -0.2) is 9.82 Å². The molecule has 2 aromatic carbocycles. The Kier molecular flexibility index (Phi) is 5.73. The van der Waals surface area contributed by atoms with Gasteiger partial charge in [0.15, 0.2) is 11.5 Å². The van der Waals surface area contributed by atoms with Crippen LogP contribution in [0.2, 0.25) is 0 Å². The molecule has 0 bridgehead atoms. The molecule has 0 radical (unpaired) electrons. The molecule has 0 aliphatic heterocycles. The van der Waals surface area contributed by atoms with Crippen LogP contribution >= 0.6 is 31.9 Å². The van der Waals surface area contributed by atoms with Gasteiger partial charge in [0.05, 0.1) is 18.9 Å². The average Bonchev–Trinajstić information content (AvgIpc) is 2.54. The fourth-order valence-corrected chi connectivity index (χ4v) is 2.53. The molecule has 0 aromatic heterocycles. The molecule has 0 saturated heterocycles. The Labute approximate surface area is 148 Å². The summed E-state index contributed by atoms with van der Waals surface area (Å²) in [7, 11) is 1.42. The Hall–Kier alpha value is -1.93. The zero-order valence-corrected chi connectivity index (χ0v) is 15.0. The molecule has 8 heteroatoms. The van der Waals surface area contributed by atoms with Crippen LogP contribution in [0, 0.1) is 5.82 Å². The van der Waals surface area contributed by atoms with E-state index in [1.165, 1.54) is 37.6 Å². The lowest BCUT2D eigenvalue weighted by atomic mass is 10.2. The van der Waals surface area contributed by atoms with E-state index in [1.54, 1.807) is 6.07 Å². The van der Waals surface area contributed by atoms with Crippen molar-refractivity contribution >= 4 is 44.0 Å². The molecule has 0 saturated carbocycles. The number of aromatic hydroxyl groups is 1. The van der Waals surface area contributed by atoms with Crippen molar-refractivity contribution in [3.05, 3.63) is 56.2 Å². The molecule has 2 aromatic rings. The number of hydrogen-bond donors (Lipinski definition) is 2. The molecule has 0 atom stereocenters. The maximum atomic E-state index is 12.8. The van der Waals surface area contributed by atoms with Gasteiger partial charge in [-0.15, -0.1) is 0 Å². The van der Waals surface area contributed by atoms with Crippen LogP contribution in [-0.2, 0) is 0 Å². The van der Waals surface area contributed by atoms with Crippen LogP contribution in [0.4, 0.5) is 4.39 Å². The van der Waals surface area contributed by atoms with E-state index in [2.05, 4.69) is 42.4 Å². The number of carbonyl (C=O) groups excluding carboxylic acids is 1. The van der Waals surface area contributed by atoms with Gasteiger partial charge in [0.1, 0.15) is 5.82 Å². The van der Waals surface area contributed by atoms with Gasteiger partial charge in [-0.3, -0.25) is 4.79 Å². The molecule has 0 fully saturated rings. The Bertz CT molecular complexity index is 764. The number of nitrogens with one attached hydrogen (secondary N) is 1. The lowest BCUT2D eigenvalue weighted by molar-refractivity contribution is 0.0955. The smallest absolute Gasteiger partial charge is 0.271 e. The highest BCUT2D eigenvalue weighted by atomic mass is 79.9. The second kappa shape index (κ2) is 7.56. The number of methoxy groups -OCH3 is 1. The first-order valence-electron chi connectivity index (χ1n) is 6.28. The van der Waals surface area contributed by atoms with Crippen molar-refractivity contribution in [3.63, 3.8) is 0 Å². The molecule has 0 unspecified atom stereocenters. The monoisotopic (exact) mass is 444 g/mol. The summed E-state index contributed by atoms with van der Waals surface area (Å²) >= 11 is 6.62. The number of amides is 1. The second-order valence-electron chi connectivity index (χ2n) is 4.34. The number of hydrazone groups is 1. The zero-order chi connectivity index (χ0) is 17.0. The molecular formula is C15H11Br2FN2O3. The summed E-state index contributed by atoms with van der Waals surface area (Å²) in [5.74, 6) is -0.798. The average molecular weight is 446 g/mol. The van der Waals surface area contributed by atoms with Crippen molar-refractivity contribution < 1.29 is 19.0 Å². The summed E-state index contributed by atoms with van der Waals surface area (Å²) < 4.78 is 19.1. The number of phenols is 1. The van der Waals surface area contributed by atoms with E-state index in [0.717, 1.165) is 0 Å². The molecule has 0 spiro atoms. The third-order valence-electron chi connectivity index (χ3n) is 2.88. The number of rotatable bonds is 4. The Morgan fingerprint density at radius 2 is 2.00 bits per heavy atom. The first-order valence-corrected chi connectivity index (χ1v) is 7.86. The molecule has 0 aliphatic carbocycles. The number of benzene rings is 2. The predicted molar refractivity (Wildman–Crippen MR) is 91.5 cm³/mol. The molecule has 1 amide bonds. The summed E-state index contributed by atoms with van der Waals surface area (Å²) in [6, 6.07) is 6.64. The maximum Gasteiger partial charge on any atom is 0.271 e. The second-order valence-corrected chi connectivity index (χ2v) is 5.99. The Morgan fingerprint density at radius 3 is 2.61 bits per heavy atom. The van der Waals surface area contributed by atoms with Crippen LogP contribution in [0.15, 0.2) is 44.4 Å². The fourth-order valence-electron chi connectivity index (χ4n) is 1.71. The summed E-state index contributed by atoms with van der Waals surface area (Å²) in [5.41, 5.74) is 2.89. The van der Waals surface area contributed by atoms with E-state index in [9.17, 15) is 14.3 Å². The quantitative estimate of drug-likeness (QED) is 0.555. The van der Waals surface area contributed by atoms with Crippen molar-refractivity contribution in [2.45, 2.75) is 0 Å². The predicted octanol–water partition coefficient (Wildman–Crippen LogP) is 3.83. The van der Waals surface area contributed by atoms with Crippen molar-refractivity contribution in [2.75, 3.05) is 7.11 Å². The molecule has 120 valence electrons. The van der Waals surface area contributed by atoms with Gasteiger partial charge in [-0.2, -0.15) is 5.10 Å². The number of halogens is 3. The van der Waals surface area contributed by atoms with Crippen LogP contribution < -0.4 is 10.2 Å². The standard InChI is InChI=1S/C15H11Br2FN2O3/c1-23-12-6-11(16)13(17)10(14(12)21)7-19-20-15(22)8-2-4-9(18)5-3-8/h2-7,21H,1H3,(H,20,22). The summed E-state index contributed by atoms with van der Waals surface area (Å²) in [4.78, 5) is 11.9. The molecular weight excluding hydrogens is 435 g/mol. The minimum Gasteiger partial charge on any atom is -0.504 e. The van der Waals surface area contributed by atoms with Gasteiger partial charge in [0, 0.05) is 14.5 Å². The van der Waals surface area contributed by atoms with Crippen LogP contribution in [0.25, 0.3) is 0 Å². The molecule has 5 nitrogen and oxygen atoms in total. The number of hydrogen-bond acceptors (Lipinski definition) is 4. The highest BCUT2D eigenvalue weighted by Crippen LogP contribution is 2.39. The van der Waals surface area contributed by atoms with E-state index in [4.69, 9.17) is 4.74 Å². The van der Waals surface area contributed by atoms with E-state index < -0.39 is 11.7 Å².